The molecule has 5 rings (SSSR count). The van der Waals surface area contributed by atoms with E-state index in [4.69, 9.17) is 18.9 Å². The third kappa shape index (κ3) is 4.63. The summed E-state index contributed by atoms with van der Waals surface area (Å²) in [5.41, 5.74) is 8.47. The Morgan fingerprint density at radius 2 is 1.54 bits per heavy atom. The molecule has 6 nitrogen and oxygen atoms in total. The predicted molar refractivity (Wildman–Crippen MR) is 148 cm³/mol. The Kier molecular flexibility index (Phi) is 6.86. The first-order chi connectivity index (χ1) is 18.7. The molecule has 3 aromatic carbocycles. The highest BCUT2D eigenvalue weighted by Crippen LogP contribution is 2.48. The fraction of sp³-hybridized carbons (Fsp3) is 0.333. The molecule has 0 aromatic heterocycles. The molecule has 200 valence electrons. The topological polar surface area (TPSA) is 71.1 Å². The lowest BCUT2D eigenvalue weighted by molar-refractivity contribution is -0.168. The van der Waals surface area contributed by atoms with Crippen LogP contribution in [0.5, 0.6) is 11.5 Å². The number of ether oxygens (including phenoxy) is 4. The molecule has 1 aliphatic carbocycles. The van der Waals surface area contributed by atoms with Crippen molar-refractivity contribution in [1.82, 2.24) is 0 Å². The molecule has 0 N–H and O–H groups in total. The van der Waals surface area contributed by atoms with Crippen LogP contribution in [0.2, 0.25) is 0 Å². The van der Waals surface area contributed by atoms with E-state index in [2.05, 4.69) is 37.0 Å². The van der Waals surface area contributed by atoms with Crippen LogP contribution in [0.25, 0.3) is 11.1 Å². The van der Waals surface area contributed by atoms with Gasteiger partial charge in [-0.3, -0.25) is 9.59 Å². The first kappa shape index (κ1) is 26.4. The highest BCUT2D eigenvalue weighted by Gasteiger charge is 2.53. The number of rotatable bonds is 4. The van der Waals surface area contributed by atoms with Crippen LogP contribution in [0, 0.1) is 45.0 Å². The molecule has 1 heterocycles. The predicted octanol–water partition coefficient (Wildman–Crippen LogP) is 5.34. The summed E-state index contributed by atoms with van der Waals surface area (Å²) in [6.45, 7) is 8.69. The van der Waals surface area contributed by atoms with Crippen LogP contribution < -0.4 is 9.47 Å². The minimum Gasteiger partial charge on any atom is -0.488 e. The van der Waals surface area contributed by atoms with Gasteiger partial charge in [-0.15, -0.1) is 0 Å². The van der Waals surface area contributed by atoms with Crippen molar-refractivity contribution in [3.63, 3.8) is 0 Å². The molecule has 0 radical (unpaired) electrons. The lowest BCUT2D eigenvalue weighted by Crippen LogP contribution is -2.42. The molecule has 0 spiro atoms. The Labute approximate surface area is 229 Å². The van der Waals surface area contributed by atoms with Gasteiger partial charge in [-0.2, -0.15) is 0 Å². The van der Waals surface area contributed by atoms with Gasteiger partial charge in [0.25, 0.3) is 0 Å². The molecular weight excluding hydrogens is 492 g/mol. The van der Waals surface area contributed by atoms with Gasteiger partial charge in [0.05, 0.1) is 14.2 Å². The van der Waals surface area contributed by atoms with Crippen LogP contribution in [0.4, 0.5) is 0 Å². The minimum atomic E-state index is -1.45. The Morgan fingerprint density at radius 3 is 2.21 bits per heavy atom. The van der Waals surface area contributed by atoms with Crippen LogP contribution in [0.15, 0.2) is 36.4 Å². The molecule has 39 heavy (non-hydrogen) atoms. The summed E-state index contributed by atoms with van der Waals surface area (Å²) in [4.78, 5) is 26.0. The molecule has 0 saturated heterocycles. The Balaban J connectivity index is 1.62. The third-order valence-electron chi connectivity index (χ3n) is 7.56. The van der Waals surface area contributed by atoms with E-state index in [0.717, 1.165) is 67.1 Å². The number of hydrogen-bond acceptors (Lipinski definition) is 6. The van der Waals surface area contributed by atoms with Gasteiger partial charge in [0, 0.05) is 23.1 Å². The standard InChI is InChI=1S/C33H32O6/c1-19-10-20(2)13-24(12-19)38-9-7-8-25-27-17-33(31(34)36-5,32(35)37-6)16-23(27)15-26-28(25)18-39-29-14-21(3)11-22(4)30(26)29/h10-15H,9,16-18H2,1-6H3. The van der Waals surface area contributed by atoms with E-state index in [1.54, 1.807) is 0 Å². The van der Waals surface area contributed by atoms with Crippen molar-refractivity contribution in [2.24, 2.45) is 5.41 Å². The number of esters is 2. The summed E-state index contributed by atoms with van der Waals surface area (Å²) in [5, 5.41) is 0. The van der Waals surface area contributed by atoms with E-state index in [1.165, 1.54) is 14.2 Å². The summed E-state index contributed by atoms with van der Waals surface area (Å²) < 4.78 is 22.3. The Morgan fingerprint density at radius 1 is 0.872 bits per heavy atom. The van der Waals surface area contributed by atoms with Crippen molar-refractivity contribution in [2.45, 2.75) is 47.1 Å². The second-order valence-corrected chi connectivity index (χ2v) is 10.5. The van der Waals surface area contributed by atoms with Crippen LogP contribution in [0.3, 0.4) is 0 Å². The molecule has 0 atom stereocenters. The van der Waals surface area contributed by atoms with Crippen molar-refractivity contribution < 1.29 is 28.5 Å². The number of carbonyl (C=O) groups excluding carboxylic acids is 2. The van der Waals surface area contributed by atoms with E-state index in [0.29, 0.717) is 6.61 Å². The molecular formula is C33H32O6. The molecule has 1 aliphatic heterocycles. The molecule has 0 fully saturated rings. The first-order valence-corrected chi connectivity index (χ1v) is 13.0. The monoisotopic (exact) mass is 524 g/mol. The lowest BCUT2D eigenvalue weighted by Gasteiger charge is -2.26. The number of hydrogen-bond donors (Lipinski definition) is 0. The average molecular weight is 525 g/mol. The zero-order valence-electron chi connectivity index (χ0n) is 23.2. The van der Waals surface area contributed by atoms with Gasteiger partial charge in [-0.05, 0) is 91.3 Å². The minimum absolute atomic E-state index is 0.149. The molecule has 2 aliphatic rings. The van der Waals surface area contributed by atoms with Gasteiger partial charge in [-0.25, -0.2) is 0 Å². The zero-order chi connectivity index (χ0) is 27.9. The largest absolute Gasteiger partial charge is 0.488 e. The fourth-order valence-corrected chi connectivity index (χ4v) is 5.96. The highest BCUT2D eigenvalue weighted by molar-refractivity contribution is 6.02. The first-order valence-electron chi connectivity index (χ1n) is 13.0. The summed E-state index contributed by atoms with van der Waals surface area (Å²) in [6.07, 6.45) is 0.334. The summed E-state index contributed by atoms with van der Waals surface area (Å²) in [6, 6.07) is 12.3. The van der Waals surface area contributed by atoms with Crippen molar-refractivity contribution in [3.8, 4) is 34.5 Å². The molecule has 0 unspecified atom stereocenters. The van der Waals surface area contributed by atoms with E-state index < -0.39 is 17.4 Å². The normalized spacial score (nSPS) is 14.1. The highest BCUT2D eigenvalue weighted by atomic mass is 16.5. The van der Waals surface area contributed by atoms with Gasteiger partial charge in [-0.1, -0.05) is 30.0 Å². The van der Waals surface area contributed by atoms with Crippen molar-refractivity contribution in [3.05, 3.63) is 80.9 Å². The van der Waals surface area contributed by atoms with Gasteiger partial charge in [0.15, 0.2) is 5.41 Å². The zero-order valence-corrected chi connectivity index (χ0v) is 23.2. The Hall–Kier alpha value is -4.24. The maximum absolute atomic E-state index is 13.0. The lowest BCUT2D eigenvalue weighted by atomic mass is 9.84. The van der Waals surface area contributed by atoms with Gasteiger partial charge in [0.2, 0.25) is 0 Å². The van der Waals surface area contributed by atoms with E-state index >= 15 is 0 Å². The molecule has 6 heteroatoms. The number of methoxy groups -OCH3 is 2. The number of carbonyl (C=O) groups is 2. The smallest absolute Gasteiger partial charge is 0.323 e. The molecule has 3 aromatic rings. The summed E-state index contributed by atoms with van der Waals surface area (Å²) in [5.74, 6) is 6.87. The van der Waals surface area contributed by atoms with Crippen molar-refractivity contribution in [2.75, 3.05) is 20.8 Å². The Bertz CT molecular complexity index is 1530. The maximum Gasteiger partial charge on any atom is 0.323 e. The molecule has 0 saturated carbocycles. The van der Waals surface area contributed by atoms with E-state index in [-0.39, 0.29) is 19.4 Å². The van der Waals surface area contributed by atoms with E-state index in [1.807, 2.05) is 39.0 Å². The SMILES string of the molecule is COC(=O)C1(C(=O)OC)Cc2cc3c(c(C#CCOc4cc(C)cc(C)c4)c2C1)COc1cc(C)cc(C)c1-3. The van der Waals surface area contributed by atoms with Gasteiger partial charge < -0.3 is 18.9 Å². The summed E-state index contributed by atoms with van der Waals surface area (Å²) in [7, 11) is 2.59. The maximum atomic E-state index is 13.0. The average Bonchev–Trinajstić information content (AvgIpc) is 3.29. The van der Waals surface area contributed by atoms with Gasteiger partial charge >= 0.3 is 11.9 Å². The van der Waals surface area contributed by atoms with Crippen LogP contribution in [-0.2, 0) is 38.5 Å². The van der Waals surface area contributed by atoms with Crippen LogP contribution in [0.1, 0.15) is 44.5 Å². The fourth-order valence-electron chi connectivity index (χ4n) is 5.96. The summed E-state index contributed by atoms with van der Waals surface area (Å²) >= 11 is 0. The van der Waals surface area contributed by atoms with Gasteiger partial charge in [0.1, 0.15) is 24.7 Å². The second kappa shape index (κ2) is 10.1. The molecule has 0 amide bonds. The van der Waals surface area contributed by atoms with Crippen LogP contribution in [-0.4, -0.2) is 32.8 Å². The second-order valence-electron chi connectivity index (χ2n) is 10.5. The number of benzene rings is 3. The van der Waals surface area contributed by atoms with Crippen LogP contribution >= 0.6 is 0 Å². The quantitative estimate of drug-likeness (QED) is 0.261. The van der Waals surface area contributed by atoms with E-state index in [9.17, 15) is 9.59 Å². The third-order valence-corrected chi connectivity index (χ3v) is 7.56. The van der Waals surface area contributed by atoms with Crippen molar-refractivity contribution in [1.29, 1.82) is 0 Å². The molecule has 0 bridgehead atoms. The number of aryl methyl sites for hydroxylation is 4. The number of fused-ring (bicyclic) bond motifs is 4. The van der Waals surface area contributed by atoms with Crippen molar-refractivity contribution >= 4 is 11.9 Å².